The van der Waals surface area contributed by atoms with Gasteiger partial charge in [-0.15, -0.1) is 0 Å². The Morgan fingerprint density at radius 1 is 1.13 bits per heavy atom. The van der Waals surface area contributed by atoms with Gasteiger partial charge in [0.1, 0.15) is 19.6 Å². The summed E-state index contributed by atoms with van der Waals surface area (Å²) in [4.78, 5) is 13.8. The smallest absolute Gasteiger partial charge is 0.255 e. The Labute approximate surface area is 144 Å². The molecule has 0 spiro atoms. The van der Waals surface area contributed by atoms with Crippen LogP contribution in [0.4, 0.5) is 5.69 Å². The van der Waals surface area contributed by atoms with E-state index in [1.165, 1.54) is 10.5 Å². The molecule has 0 bridgehead atoms. The van der Waals surface area contributed by atoms with Crippen LogP contribution in [0.5, 0.6) is 0 Å². The van der Waals surface area contributed by atoms with Gasteiger partial charge in [0, 0.05) is 21.3 Å². The standard InChI is InChI=1S/C18H19BrN2O2/c19-16-2-1-3-17(12-16)20-18(22)15-6-4-14(5-7-15)13-21-8-10-23-11-9-21/h1-7,12H,8-11,13H2,(H,20,22)/p+1. The molecular formula is C18H20BrN2O2+. The van der Waals surface area contributed by atoms with Crippen LogP contribution >= 0.6 is 15.9 Å². The van der Waals surface area contributed by atoms with Crippen molar-refractivity contribution in [3.05, 3.63) is 64.1 Å². The van der Waals surface area contributed by atoms with Crippen LogP contribution in [0.15, 0.2) is 53.0 Å². The molecule has 23 heavy (non-hydrogen) atoms. The molecule has 3 rings (SSSR count). The highest BCUT2D eigenvalue weighted by molar-refractivity contribution is 9.10. The summed E-state index contributed by atoms with van der Waals surface area (Å²) in [6.45, 7) is 4.75. The predicted octanol–water partition coefficient (Wildman–Crippen LogP) is 2.12. The molecule has 1 aliphatic heterocycles. The first-order valence-corrected chi connectivity index (χ1v) is 8.57. The third kappa shape index (κ3) is 4.64. The summed E-state index contributed by atoms with van der Waals surface area (Å²) in [6, 6.07) is 15.4. The summed E-state index contributed by atoms with van der Waals surface area (Å²) >= 11 is 3.40. The maximum atomic E-state index is 12.3. The number of halogens is 1. The summed E-state index contributed by atoms with van der Waals surface area (Å²) in [6.07, 6.45) is 0. The van der Waals surface area contributed by atoms with Gasteiger partial charge in [-0.3, -0.25) is 4.79 Å². The van der Waals surface area contributed by atoms with E-state index in [-0.39, 0.29) is 5.91 Å². The second kappa shape index (κ2) is 7.73. The average Bonchev–Trinajstić information content (AvgIpc) is 2.56. The first-order chi connectivity index (χ1) is 11.2. The fourth-order valence-corrected chi connectivity index (χ4v) is 3.07. The molecule has 0 saturated carbocycles. The van der Waals surface area contributed by atoms with Crippen LogP contribution in [0.25, 0.3) is 0 Å². The summed E-state index contributed by atoms with van der Waals surface area (Å²) in [5, 5.41) is 2.91. The van der Waals surface area contributed by atoms with Crippen molar-refractivity contribution in [2.75, 3.05) is 31.6 Å². The van der Waals surface area contributed by atoms with Crippen molar-refractivity contribution in [1.29, 1.82) is 0 Å². The van der Waals surface area contributed by atoms with Gasteiger partial charge >= 0.3 is 0 Å². The largest absolute Gasteiger partial charge is 0.370 e. The van der Waals surface area contributed by atoms with Crippen molar-refractivity contribution < 1.29 is 14.4 Å². The molecule has 2 aromatic rings. The molecule has 1 heterocycles. The van der Waals surface area contributed by atoms with E-state index < -0.39 is 0 Å². The van der Waals surface area contributed by atoms with Crippen molar-refractivity contribution in [1.82, 2.24) is 0 Å². The Morgan fingerprint density at radius 2 is 1.87 bits per heavy atom. The van der Waals surface area contributed by atoms with E-state index in [0.717, 1.165) is 43.0 Å². The predicted molar refractivity (Wildman–Crippen MR) is 93.8 cm³/mol. The number of amides is 1. The van der Waals surface area contributed by atoms with Gasteiger partial charge in [-0.1, -0.05) is 34.1 Å². The van der Waals surface area contributed by atoms with Gasteiger partial charge in [-0.25, -0.2) is 0 Å². The molecule has 1 fully saturated rings. The fraction of sp³-hybridized carbons (Fsp3) is 0.278. The van der Waals surface area contributed by atoms with Gasteiger partial charge in [-0.2, -0.15) is 0 Å². The van der Waals surface area contributed by atoms with Crippen LogP contribution in [0.3, 0.4) is 0 Å². The number of nitrogens with one attached hydrogen (secondary N) is 2. The third-order valence-electron chi connectivity index (χ3n) is 3.95. The molecule has 4 nitrogen and oxygen atoms in total. The lowest BCUT2D eigenvalue weighted by Gasteiger charge is -2.23. The van der Waals surface area contributed by atoms with Crippen LogP contribution < -0.4 is 10.2 Å². The van der Waals surface area contributed by atoms with Crippen molar-refractivity contribution in [2.24, 2.45) is 0 Å². The molecule has 120 valence electrons. The van der Waals surface area contributed by atoms with Gasteiger partial charge in [-0.05, 0) is 30.3 Å². The van der Waals surface area contributed by atoms with Crippen LogP contribution in [0.1, 0.15) is 15.9 Å². The summed E-state index contributed by atoms with van der Waals surface area (Å²) in [5.74, 6) is -0.0895. The minimum atomic E-state index is -0.0895. The van der Waals surface area contributed by atoms with Crippen LogP contribution in [0.2, 0.25) is 0 Å². The molecule has 2 N–H and O–H groups in total. The van der Waals surface area contributed by atoms with Gasteiger partial charge in [0.15, 0.2) is 0 Å². The Hall–Kier alpha value is -1.69. The summed E-state index contributed by atoms with van der Waals surface area (Å²) in [5.41, 5.74) is 2.71. The lowest BCUT2D eigenvalue weighted by Crippen LogP contribution is -3.12. The van der Waals surface area contributed by atoms with E-state index >= 15 is 0 Å². The number of anilines is 1. The Kier molecular flexibility index (Phi) is 5.43. The monoisotopic (exact) mass is 375 g/mol. The highest BCUT2D eigenvalue weighted by Gasteiger charge is 2.14. The first-order valence-electron chi connectivity index (χ1n) is 7.78. The zero-order valence-corrected chi connectivity index (χ0v) is 14.4. The van der Waals surface area contributed by atoms with Crippen LogP contribution in [-0.4, -0.2) is 32.2 Å². The van der Waals surface area contributed by atoms with E-state index in [9.17, 15) is 4.79 Å². The Balaban J connectivity index is 1.60. The minimum Gasteiger partial charge on any atom is -0.370 e. The number of carbonyl (C=O) groups excluding carboxylic acids is 1. The third-order valence-corrected chi connectivity index (χ3v) is 4.45. The number of ether oxygens (including phenoxy) is 1. The van der Waals surface area contributed by atoms with Crippen molar-refractivity contribution in [2.45, 2.75) is 6.54 Å². The van der Waals surface area contributed by atoms with Gasteiger partial charge in [0.05, 0.1) is 13.2 Å². The lowest BCUT2D eigenvalue weighted by molar-refractivity contribution is -0.921. The van der Waals surface area contributed by atoms with Gasteiger partial charge in [0.2, 0.25) is 0 Å². The van der Waals surface area contributed by atoms with E-state index in [0.29, 0.717) is 5.56 Å². The van der Waals surface area contributed by atoms with Crippen molar-refractivity contribution in [3.8, 4) is 0 Å². The average molecular weight is 376 g/mol. The minimum absolute atomic E-state index is 0.0895. The van der Waals surface area contributed by atoms with Gasteiger partial charge in [0.25, 0.3) is 5.91 Å². The molecule has 2 aromatic carbocycles. The van der Waals surface area contributed by atoms with Crippen LogP contribution in [-0.2, 0) is 11.3 Å². The number of hydrogen-bond donors (Lipinski definition) is 2. The fourth-order valence-electron chi connectivity index (χ4n) is 2.67. The number of hydrogen-bond acceptors (Lipinski definition) is 2. The molecule has 0 unspecified atom stereocenters. The molecule has 0 aliphatic carbocycles. The maximum absolute atomic E-state index is 12.3. The first kappa shape index (κ1) is 16.2. The van der Waals surface area contributed by atoms with E-state index in [1.54, 1.807) is 0 Å². The summed E-state index contributed by atoms with van der Waals surface area (Å²) in [7, 11) is 0. The Morgan fingerprint density at radius 3 is 2.57 bits per heavy atom. The second-order valence-electron chi connectivity index (χ2n) is 5.70. The topological polar surface area (TPSA) is 42.8 Å². The van der Waals surface area contributed by atoms with E-state index in [4.69, 9.17) is 4.74 Å². The number of quaternary nitrogens is 1. The van der Waals surface area contributed by atoms with Crippen molar-refractivity contribution >= 4 is 27.5 Å². The summed E-state index contributed by atoms with van der Waals surface area (Å²) < 4.78 is 6.32. The quantitative estimate of drug-likeness (QED) is 0.859. The molecule has 0 radical (unpaired) electrons. The Bertz CT molecular complexity index is 667. The SMILES string of the molecule is O=C(Nc1cccc(Br)c1)c1ccc(C[NH+]2CCOCC2)cc1. The number of carbonyl (C=O) groups is 1. The molecule has 0 aromatic heterocycles. The molecule has 1 saturated heterocycles. The lowest BCUT2D eigenvalue weighted by atomic mass is 10.1. The zero-order valence-electron chi connectivity index (χ0n) is 12.8. The highest BCUT2D eigenvalue weighted by atomic mass is 79.9. The molecule has 5 heteroatoms. The molecule has 1 aliphatic rings. The van der Waals surface area contributed by atoms with Crippen LogP contribution in [0, 0.1) is 0 Å². The van der Waals surface area contributed by atoms with E-state index in [2.05, 4.69) is 21.2 Å². The molecule has 0 atom stereocenters. The van der Waals surface area contributed by atoms with Crippen molar-refractivity contribution in [3.63, 3.8) is 0 Å². The van der Waals surface area contributed by atoms with Gasteiger partial charge < -0.3 is 15.0 Å². The maximum Gasteiger partial charge on any atom is 0.255 e. The highest BCUT2D eigenvalue weighted by Crippen LogP contribution is 2.16. The van der Waals surface area contributed by atoms with E-state index in [1.807, 2.05) is 48.5 Å². The number of benzene rings is 2. The zero-order chi connectivity index (χ0) is 16.1. The number of morpholine rings is 1. The second-order valence-corrected chi connectivity index (χ2v) is 6.62. The molecule has 1 amide bonds. The molecular weight excluding hydrogens is 356 g/mol. The normalized spacial score (nSPS) is 15.3. The number of rotatable bonds is 4.